The Hall–Kier alpha value is -3.22. The highest BCUT2D eigenvalue weighted by molar-refractivity contribution is 5.93. The number of halogens is 1. The summed E-state index contributed by atoms with van der Waals surface area (Å²) in [6, 6.07) is 10.2. The molecule has 0 aliphatic heterocycles. The summed E-state index contributed by atoms with van der Waals surface area (Å²) in [5.41, 5.74) is 4.55. The SMILES string of the molecule is O=C(/C=C/c1cccc(F)c1)NNC(=O)Cn1ccccc1=O. The summed E-state index contributed by atoms with van der Waals surface area (Å²) in [6.45, 7) is -0.215. The Kier molecular flexibility index (Phi) is 5.40. The molecule has 0 aliphatic carbocycles. The maximum Gasteiger partial charge on any atom is 0.262 e. The van der Waals surface area contributed by atoms with Crippen molar-refractivity contribution in [1.29, 1.82) is 0 Å². The summed E-state index contributed by atoms with van der Waals surface area (Å²) >= 11 is 0. The van der Waals surface area contributed by atoms with Crippen molar-refractivity contribution in [3.05, 3.63) is 76.5 Å². The molecule has 0 radical (unpaired) electrons. The number of carbonyl (C=O) groups is 2. The number of nitrogens with zero attached hydrogens (tertiary/aromatic N) is 1. The smallest absolute Gasteiger partial charge is 0.262 e. The van der Waals surface area contributed by atoms with Gasteiger partial charge >= 0.3 is 0 Å². The number of hydrogen-bond donors (Lipinski definition) is 2. The molecule has 2 amide bonds. The van der Waals surface area contributed by atoms with Gasteiger partial charge in [0.1, 0.15) is 12.4 Å². The number of hydrazine groups is 1. The normalized spacial score (nSPS) is 10.5. The van der Waals surface area contributed by atoms with Crippen molar-refractivity contribution in [3.63, 3.8) is 0 Å². The number of hydrogen-bond acceptors (Lipinski definition) is 3. The van der Waals surface area contributed by atoms with Crippen LogP contribution >= 0.6 is 0 Å². The molecule has 1 aromatic heterocycles. The summed E-state index contributed by atoms with van der Waals surface area (Å²) in [7, 11) is 0. The molecule has 0 bridgehead atoms. The van der Waals surface area contributed by atoms with Crippen LogP contribution < -0.4 is 16.4 Å². The zero-order valence-corrected chi connectivity index (χ0v) is 12.0. The first-order valence-electron chi connectivity index (χ1n) is 6.72. The van der Waals surface area contributed by atoms with E-state index in [1.807, 2.05) is 0 Å². The Morgan fingerprint density at radius 2 is 1.96 bits per heavy atom. The lowest BCUT2D eigenvalue weighted by molar-refractivity contribution is -0.127. The van der Waals surface area contributed by atoms with Gasteiger partial charge in [-0.05, 0) is 29.8 Å². The quantitative estimate of drug-likeness (QED) is 0.648. The van der Waals surface area contributed by atoms with E-state index in [0.717, 1.165) is 6.08 Å². The highest BCUT2D eigenvalue weighted by atomic mass is 19.1. The van der Waals surface area contributed by atoms with E-state index >= 15 is 0 Å². The molecule has 0 fully saturated rings. The van der Waals surface area contributed by atoms with Gasteiger partial charge in [-0.3, -0.25) is 25.2 Å². The Morgan fingerprint density at radius 3 is 2.70 bits per heavy atom. The van der Waals surface area contributed by atoms with E-state index < -0.39 is 17.6 Å². The predicted molar refractivity (Wildman–Crippen MR) is 82.4 cm³/mol. The zero-order chi connectivity index (χ0) is 16.7. The second-order valence-corrected chi connectivity index (χ2v) is 4.59. The fourth-order valence-electron chi connectivity index (χ4n) is 1.74. The van der Waals surface area contributed by atoms with Gasteiger partial charge in [0.05, 0.1) is 0 Å². The van der Waals surface area contributed by atoms with Crippen LogP contribution in [0.2, 0.25) is 0 Å². The zero-order valence-electron chi connectivity index (χ0n) is 12.0. The number of amides is 2. The molecule has 0 saturated heterocycles. The minimum absolute atomic E-state index is 0.215. The van der Waals surface area contributed by atoms with Crippen molar-refractivity contribution < 1.29 is 14.0 Å². The third-order valence-corrected chi connectivity index (χ3v) is 2.81. The van der Waals surface area contributed by atoms with E-state index in [1.165, 1.54) is 41.1 Å². The third kappa shape index (κ3) is 5.24. The molecule has 0 unspecified atom stereocenters. The van der Waals surface area contributed by atoms with Crippen molar-refractivity contribution in [2.24, 2.45) is 0 Å². The first-order valence-corrected chi connectivity index (χ1v) is 6.72. The van der Waals surface area contributed by atoms with Crippen molar-refractivity contribution in [2.75, 3.05) is 0 Å². The van der Waals surface area contributed by atoms with E-state index in [9.17, 15) is 18.8 Å². The minimum atomic E-state index is -0.581. The van der Waals surface area contributed by atoms with Crippen molar-refractivity contribution >= 4 is 17.9 Å². The van der Waals surface area contributed by atoms with Crippen LogP contribution in [0.4, 0.5) is 4.39 Å². The average molecular weight is 315 g/mol. The van der Waals surface area contributed by atoms with Crippen LogP contribution in [-0.2, 0) is 16.1 Å². The molecule has 0 aliphatic rings. The summed E-state index contributed by atoms with van der Waals surface area (Å²) in [5.74, 6) is -1.54. The number of carbonyl (C=O) groups excluding carboxylic acids is 2. The van der Waals surface area contributed by atoms with E-state index in [-0.39, 0.29) is 12.1 Å². The van der Waals surface area contributed by atoms with E-state index in [0.29, 0.717) is 5.56 Å². The van der Waals surface area contributed by atoms with Crippen molar-refractivity contribution in [1.82, 2.24) is 15.4 Å². The molecule has 1 aromatic carbocycles. The number of pyridine rings is 1. The second kappa shape index (κ2) is 7.69. The Labute approximate surface area is 131 Å². The number of rotatable bonds is 4. The van der Waals surface area contributed by atoms with Gasteiger partial charge in [-0.2, -0.15) is 0 Å². The van der Waals surface area contributed by atoms with Gasteiger partial charge in [0, 0.05) is 18.3 Å². The first-order chi connectivity index (χ1) is 11.0. The lowest BCUT2D eigenvalue weighted by atomic mass is 10.2. The monoisotopic (exact) mass is 315 g/mol. The number of nitrogens with one attached hydrogen (secondary N) is 2. The number of benzene rings is 1. The lowest BCUT2D eigenvalue weighted by Gasteiger charge is -2.06. The molecule has 118 valence electrons. The largest absolute Gasteiger partial charge is 0.306 e. The predicted octanol–water partition coefficient (Wildman–Crippen LogP) is 0.848. The molecule has 23 heavy (non-hydrogen) atoms. The molecular formula is C16H14FN3O3. The van der Waals surface area contributed by atoms with E-state index in [2.05, 4.69) is 10.9 Å². The van der Waals surface area contributed by atoms with E-state index in [1.54, 1.807) is 18.2 Å². The van der Waals surface area contributed by atoms with Crippen LogP contribution in [0.25, 0.3) is 6.08 Å². The van der Waals surface area contributed by atoms with Gasteiger partial charge in [-0.15, -0.1) is 0 Å². The maximum absolute atomic E-state index is 13.0. The molecule has 7 heteroatoms. The molecule has 2 N–H and O–H groups in total. The van der Waals surface area contributed by atoms with Gasteiger partial charge in [-0.1, -0.05) is 18.2 Å². The molecular weight excluding hydrogens is 301 g/mol. The van der Waals surface area contributed by atoms with Gasteiger partial charge < -0.3 is 4.57 Å². The van der Waals surface area contributed by atoms with Crippen LogP contribution in [0.1, 0.15) is 5.56 Å². The van der Waals surface area contributed by atoms with Gasteiger partial charge in [0.2, 0.25) is 0 Å². The average Bonchev–Trinajstić information content (AvgIpc) is 2.53. The Bertz CT molecular complexity index is 799. The van der Waals surface area contributed by atoms with E-state index in [4.69, 9.17) is 0 Å². The highest BCUT2D eigenvalue weighted by Gasteiger charge is 2.04. The fourth-order valence-corrected chi connectivity index (χ4v) is 1.74. The standard InChI is InChI=1S/C16H14FN3O3/c17-13-5-3-4-12(10-13)7-8-14(21)18-19-15(22)11-20-9-2-1-6-16(20)23/h1-10H,11H2,(H,18,21)(H,19,22)/b8-7+. The van der Waals surface area contributed by atoms with Crippen LogP contribution in [-0.4, -0.2) is 16.4 Å². The van der Waals surface area contributed by atoms with Crippen molar-refractivity contribution in [2.45, 2.75) is 6.54 Å². The highest BCUT2D eigenvalue weighted by Crippen LogP contribution is 2.04. The summed E-state index contributed by atoms with van der Waals surface area (Å²) in [5, 5.41) is 0. The van der Waals surface area contributed by atoms with Crippen LogP contribution in [0.5, 0.6) is 0 Å². The summed E-state index contributed by atoms with van der Waals surface area (Å²) in [4.78, 5) is 34.6. The van der Waals surface area contributed by atoms with Crippen LogP contribution in [0.3, 0.4) is 0 Å². The van der Waals surface area contributed by atoms with Gasteiger partial charge in [-0.25, -0.2) is 4.39 Å². The molecule has 6 nitrogen and oxygen atoms in total. The van der Waals surface area contributed by atoms with Crippen LogP contribution in [0.15, 0.2) is 59.5 Å². The molecule has 2 aromatic rings. The number of aromatic nitrogens is 1. The third-order valence-electron chi connectivity index (χ3n) is 2.81. The molecule has 0 saturated carbocycles. The molecule has 0 spiro atoms. The Morgan fingerprint density at radius 1 is 1.13 bits per heavy atom. The Balaban J connectivity index is 1.83. The fraction of sp³-hybridized carbons (Fsp3) is 0.0625. The summed E-state index contributed by atoms with van der Waals surface area (Å²) in [6.07, 6.45) is 4.03. The van der Waals surface area contributed by atoms with Crippen LogP contribution in [0, 0.1) is 5.82 Å². The molecule has 1 heterocycles. The first kappa shape index (κ1) is 16.2. The molecule has 0 atom stereocenters. The molecule has 2 rings (SSSR count). The maximum atomic E-state index is 13.0. The lowest BCUT2D eigenvalue weighted by Crippen LogP contribution is -2.43. The minimum Gasteiger partial charge on any atom is -0.306 e. The van der Waals surface area contributed by atoms with Gasteiger partial charge in [0.15, 0.2) is 0 Å². The van der Waals surface area contributed by atoms with Crippen molar-refractivity contribution in [3.8, 4) is 0 Å². The summed E-state index contributed by atoms with van der Waals surface area (Å²) < 4.78 is 14.2. The topological polar surface area (TPSA) is 80.2 Å². The van der Waals surface area contributed by atoms with Gasteiger partial charge in [0.25, 0.3) is 17.4 Å². The second-order valence-electron chi connectivity index (χ2n) is 4.59.